The van der Waals surface area contributed by atoms with E-state index in [1.807, 2.05) is 26.0 Å². The van der Waals surface area contributed by atoms with E-state index in [-0.39, 0.29) is 23.4 Å². The molecule has 0 aliphatic heterocycles. The highest BCUT2D eigenvalue weighted by atomic mass is 35.5. The van der Waals surface area contributed by atoms with Crippen LogP contribution >= 0.6 is 11.6 Å². The van der Waals surface area contributed by atoms with Gasteiger partial charge in [0.2, 0.25) is 5.91 Å². The van der Waals surface area contributed by atoms with Crippen LogP contribution in [0.5, 0.6) is 0 Å². The van der Waals surface area contributed by atoms with Gasteiger partial charge in [0.25, 0.3) is 0 Å². The van der Waals surface area contributed by atoms with Crippen molar-refractivity contribution in [2.24, 2.45) is 5.92 Å². The van der Waals surface area contributed by atoms with Gasteiger partial charge in [-0.05, 0) is 35.7 Å². The average Bonchev–Trinajstić information content (AvgIpc) is 2.43. The van der Waals surface area contributed by atoms with Crippen LogP contribution < -0.4 is 5.32 Å². The summed E-state index contributed by atoms with van der Waals surface area (Å²) in [6.07, 6.45) is 0. The van der Waals surface area contributed by atoms with Gasteiger partial charge in [-0.1, -0.05) is 49.7 Å². The zero-order valence-corrected chi connectivity index (χ0v) is 12.7. The van der Waals surface area contributed by atoms with Gasteiger partial charge in [-0.3, -0.25) is 4.79 Å². The van der Waals surface area contributed by atoms with Gasteiger partial charge >= 0.3 is 0 Å². The minimum Gasteiger partial charge on any atom is -0.323 e. The Morgan fingerprint density at radius 1 is 1.10 bits per heavy atom. The second-order valence-electron chi connectivity index (χ2n) is 5.24. The van der Waals surface area contributed by atoms with Crippen LogP contribution in [0.15, 0.2) is 48.5 Å². The molecule has 2 nitrogen and oxygen atoms in total. The molecule has 2 rings (SSSR count). The monoisotopic (exact) mass is 305 g/mol. The zero-order chi connectivity index (χ0) is 15.4. The second kappa shape index (κ2) is 6.72. The topological polar surface area (TPSA) is 29.1 Å². The largest absolute Gasteiger partial charge is 0.323 e. The van der Waals surface area contributed by atoms with Gasteiger partial charge in [0, 0.05) is 5.02 Å². The third-order valence-corrected chi connectivity index (χ3v) is 3.56. The molecule has 0 radical (unpaired) electrons. The first-order valence-electron chi connectivity index (χ1n) is 6.80. The Kier molecular flexibility index (Phi) is 4.97. The van der Waals surface area contributed by atoms with Gasteiger partial charge in [0.1, 0.15) is 5.82 Å². The standard InChI is InChI=1S/C17H17ClFNO/c1-11(2)16(12-7-9-13(18)10-8-12)17(21)20-15-6-4-3-5-14(15)19/h3-11,16H,1-2H3,(H,20,21)/t16-/m1/s1. The van der Waals surface area contributed by atoms with Crippen molar-refractivity contribution in [2.45, 2.75) is 19.8 Å². The van der Waals surface area contributed by atoms with Crippen LogP contribution in [-0.2, 0) is 4.79 Å². The van der Waals surface area contributed by atoms with E-state index in [1.165, 1.54) is 6.07 Å². The summed E-state index contributed by atoms with van der Waals surface area (Å²) in [7, 11) is 0. The Labute approximate surface area is 128 Å². The number of para-hydroxylation sites is 1. The number of rotatable bonds is 4. The smallest absolute Gasteiger partial charge is 0.232 e. The molecule has 110 valence electrons. The molecule has 0 fully saturated rings. The van der Waals surface area contributed by atoms with Crippen LogP contribution in [0.2, 0.25) is 5.02 Å². The van der Waals surface area contributed by atoms with E-state index in [2.05, 4.69) is 5.32 Å². The first-order valence-corrected chi connectivity index (χ1v) is 7.17. The third-order valence-electron chi connectivity index (χ3n) is 3.31. The predicted molar refractivity (Wildman–Crippen MR) is 84.1 cm³/mol. The number of halogens is 2. The molecule has 0 saturated heterocycles. The maximum atomic E-state index is 13.6. The lowest BCUT2D eigenvalue weighted by Gasteiger charge is -2.21. The van der Waals surface area contributed by atoms with Crippen LogP contribution in [0.4, 0.5) is 10.1 Å². The summed E-state index contributed by atoms with van der Waals surface area (Å²) in [4.78, 5) is 12.5. The highest BCUT2D eigenvalue weighted by Crippen LogP contribution is 2.27. The Morgan fingerprint density at radius 2 is 1.71 bits per heavy atom. The highest BCUT2D eigenvalue weighted by Gasteiger charge is 2.24. The van der Waals surface area contributed by atoms with Crippen molar-refractivity contribution >= 4 is 23.2 Å². The second-order valence-corrected chi connectivity index (χ2v) is 5.68. The van der Waals surface area contributed by atoms with E-state index in [0.717, 1.165) is 5.56 Å². The summed E-state index contributed by atoms with van der Waals surface area (Å²) in [5.74, 6) is -0.943. The number of anilines is 1. The van der Waals surface area contributed by atoms with Crippen molar-refractivity contribution in [2.75, 3.05) is 5.32 Å². The van der Waals surface area contributed by atoms with E-state index in [9.17, 15) is 9.18 Å². The first kappa shape index (κ1) is 15.5. The van der Waals surface area contributed by atoms with Crippen molar-refractivity contribution in [3.8, 4) is 0 Å². The number of carbonyl (C=O) groups is 1. The third kappa shape index (κ3) is 3.82. The fourth-order valence-electron chi connectivity index (χ4n) is 2.28. The van der Waals surface area contributed by atoms with Gasteiger partial charge in [0.15, 0.2) is 0 Å². The summed E-state index contributed by atoms with van der Waals surface area (Å²) in [6, 6.07) is 13.3. The quantitative estimate of drug-likeness (QED) is 0.859. The van der Waals surface area contributed by atoms with E-state index in [4.69, 9.17) is 11.6 Å². The minimum atomic E-state index is -0.440. The molecule has 0 saturated carbocycles. The zero-order valence-electron chi connectivity index (χ0n) is 11.9. The lowest BCUT2D eigenvalue weighted by atomic mass is 9.87. The SMILES string of the molecule is CC(C)[C@@H](C(=O)Nc1ccccc1F)c1ccc(Cl)cc1. The van der Waals surface area contributed by atoms with Crippen molar-refractivity contribution < 1.29 is 9.18 Å². The fraction of sp³-hybridized carbons (Fsp3) is 0.235. The van der Waals surface area contributed by atoms with Crippen LogP contribution in [0.3, 0.4) is 0 Å². The molecule has 0 heterocycles. The molecule has 0 aliphatic rings. The molecule has 2 aromatic rings. The lowest BCUT2D eigenvalue weighted by molar-refractivity contribution is -0.118. The van der Waals surface area contributed by atoms with Crippen LogP contribution in [-0.4, -0.2) is 5.91 Å². The number of hydrogen-bond donors (Lipinski definition) is 1. The molecule has 21 heavy (non-hydrogen) atoms. The number of hydrogen-bond acceptors (Lipinski definition) is 1. The number of nitrogens with one attached hydrogen (secondary N) is 1. The van der Waals surface area contributed by atoms with Crippen LogP contribution in [0, 0.1) is 11.7 Å². The lowest BCUT2D eigenvalue weighted by Crippen LogP contribution is -2.25. The molecule has 0 aromatic heterocycles. The molecule has 0 unspecified atom stereocenters. The summed E-state index contributed by atoms with van der Waals surface area (Å²) in [5, 5.41) is 3.28. The molecule has 1 atom stereocenters. The average molecular weight is 306 g/mol. The number of carbonyl (C=O) groups excluding carboxylic acids is 1. The van der Waals surface area contributed by atoms with Crippen molar-refractivity contribution in [1.29, 1.82) is 0 Å². The van der Waals surface area contributed by atoms with E-state index in [1.54, 1.807) is 30.3 Å². The Hall–Kier alpha value is -1.87. The van der Waals surface area contributed by atoms with E-state index in [0.29, 0.717) is 5.02 Å². The Balaban J connectivity index is 2.24. The first-order chi connectivity index (χ1) is 9.99. The van der Waals surface area contributed by atoms with Gasteiger partial charge in [-0.15, -0.1) is 0 Å². The summed E-state index contributed by atoms with van der Waals surface area (Å²) >= 11 is 5.88. The van der Waals surface area contributed by atoms with E-state index < -0.39 is 5.82 Å². The van der Waals surface area contributed by atoms with Crippen LogP contribution in [0.1, 0.15) is 25.3 Å². The van der Waals surface area contributed by atoms with Gasteiger partial charge in [0.05, 0.1) is 11.6 Å². The number of amides is 1. The van der Waals surface area contributed by atoms with E-state index >= 15 is 0 Å². The maximum absolute atomic E-state index is 13.6. The fourth-order valence-corrected chi connectivity index (χ4v) is 2.41. The van der Waals surface area contributed by atoms with Gasteiger partial charge in [-0.25, -0.2) is 4.39 Å². The van der Waals surface area contributed by atoms with Crippen molar-refractivity contribution in [1.82, 2.24) is 0 Å². The highest BCUT2D eigenvalue weighted by molar-refractivity contribution is 6.30. The summed E-state index contributed by atoms with van der Waals surface area (Å²) in [5.41, 5.74) is 1.06. The summed E-state index contributed by atoms with van der Waals surface area (Å²) in [6.45, 7) is 3.92. The minimum absolute atomic E-state index is 0.0814. The molecular formula is C17H17ClFNO. The molecule has 1 N–H and O–H groups in total. The molecule has 0 spiro atoms. The van der Waals surface area contributed by atoms with Gasteiger partial charge < -0.3 is 5.32 Å². The number of benzene rings is 2. The molecule has 2 aromatic carbocycles. The van der Waals surface area contributed by atoms with Crippen LogP contribution in [0.25, 0.3) is 0 Å². The molecule has 4 heteroatoms. The normalized spacial score (nSPS) is 12.2. The molecule has 1 amide bonds. The van der Waals surface area contributed by atoms with Gasteiger partial charge in [-0.2, -0.15) is 0 Å². The Morgan fingerprint density at radius 3 is 2.29 bits per heavy atom. The Bertz CT molecular complexity index is 625. The maximum Gasteiger partial charge on any atom is 0.232 e. The van der Waals surface area contributed by atoms with Crippen molar-refractivity contribution in [3.05, 3.63) is 64.9 Å². The molecule has 0 bridgehead atoms. The molecule has 0 aliphatic carbocycles. The predicted octanol–water partition coefficient (Wildman–Crippen LogP) is 4.86. The summed E-state index contributed by atoms with van der Waals surface area (Å²) < 4.78 is 13.6. The molecular weight excluding hydrogens is 289 g/mol. The van der Waals surface area contributed by atoms with Crippen molar-refractivity contribution in [3.63, 3.8) is 0 Å².